The third-order valence-electron chi connectivity index (χ3n) is 2.64. The number of aryl methyl sites for hydroxylation is 1. The fourth-order valence-electron chi connectivity index (χ4n) is 1.50. The van der Waals surface area contributed by atoms with Gasteiger partial charge in [0.1, 0.15) is 18.7 Å². The number of nitrogens with two attached hydrogens (primary N) is 1. The van der Waals surface area contributed by atoms with Crippen LogP contribution in [0.15, 0.2) is 24.5 Å². The second kappa shape index (κ2) is 5.37. The number of ether oxygens (including phenoxy) is 1. The van der Waals surface area contributed by atoms with Gasteiger partial charge in [-0.2, -0.15) is 0 Å². The molecule has 0 saturated carbocycles. The van der Waals surface area contributed by atoms with Crippen LogP contribution < -0.4 is 10.5 Å². The van der Waals surface area contributed by atoms with E-state index in [2.05, 4.69) is 10.2 Å². The third kappa shape index (κ3) is 2.80. The Bertz CT molecular complexity index is 539. The second-order valence-electron chi connectivity index (χ2n) is 4.13. The van der Waals surface area contributed by atoms with Gasteiger partial charge in [-0.15, -0.1) is 10.2 Å². The molecular formula is C12H15ClN4O. The Morgan fingerprint density at radius 1 is 1.50 bits per heavy atom. The van der Waals surface area contributed by atoms with Gasteiger partial charge in [0.2, 0.25) is 0 Å². The van der Waals surface area contributed by atoms with Gasteiger partial charge in [-0.05, 0) is 24.6 Å². The van der Waals surface area contributed by atoms with Crippen molar-refractivity contribution in [3.63, 3.8) is 0 Å². The summed E-state index contributed by atoms with van der Waals surface area (Å²) in [5.74, 6) is 1.35. The highest BCUT2D eigenvalue weighted by Gasteiger charge is 2.07. The lowest BCUT2D eigenvalue weighted by molar-refractivity contribution is 0.291. The molecule has 6 heteroatoms. The van der Waals surface area contributed by atoms with E-state index in [1.54, 1.807) is 10.9 Å². The highest BCUT2D eigenvalue weighted by Crippen LogP contribution is 2.27. The standard InChI is InChI=1S/C12H15ClN4O/c1-8(14)9-3-4-11(10(13)5-9)18-6-12-16-15-7-17(12)2/h3-5,7-8H,6,14H2,1-2H3/t8-/m1/s1. The zero-order chi connectivity index (χ0) is 13.1. The Hall–Kier alpha value is -1.59. The quantitative estimate of drug-likeness (QED) is 0.920. The second-order valence-corrected chi connectivity index (χ2v) is 4.53. The van der Waals surface area contributed by atoms with Crippen molar-refractivity contribution in [1.29, 1.82) is 0 Å². The monoisotopic (exact) mass is 266 g/mol. The van der Waals surface area contributed by atoms with Crippen molar-refractivity contribution in [2.75, 3.05) is 0 Å². The normalized spacial score (nSPS) is 12.4. The van der Waals surface area contributed by atoms with E-state index in [-0.39, 0.29) is 6.04 Å². The minimum Gasteiger partial charge on any atom is -0.484 e. The fourth-order valence-corrected chi connectivity index (χ4v) is 1.74. The van der Waals surface area contributed by atoms with Crippen LogP contribution in [-0.4, -0.2) is 14.8 Å². The summed E-state index contributed by atoms with van der Waals surface area (Å²) >= 11 is 6.13. The van der Waals surface area contributed by atoms with Gasteiger partial charge in [-0.25, -0.2) is 0 Å². The number of halogens is 1. The number of rotatable bonds is 4. The molecule has 2 rings (SSSR count). The Kier molecular flexibility index (Phi) is 3.84. The van der Waals surface area contributed by atoms with Gasteiger partial charge in [-0.1, -0.05) is 17.7 Å². The summed E-state index contributed by atoms with van der Waals surface area (Å²) in [7, 11) is 1.86. The fraction of sp³-hybridized carbons (Fsp3) is 0.333. The molecule has 0 fully saturated rings. The number of benzene rings is 1. The van der Waals surface area contributed by atoms with E-state index in [0.717, 1.165) is 11.4 Å². The number of nitrogens with zero attached hydrogens (tertiary/aromatic N) is 3. The molecule has 0 aliphatic carbocycles. The molecule has 0 aliphatic rings. The third-order valence-corrected chi connectivity index (χ3v) is 2.94. The van der Waals surface area contributed by atoms with Crippen molar-refractivity contribution >= 4 is 11.6 Å². The van der Waals surface area contributed by atoms with Crippen LogP contribution in [0.2, 0.25) is 5.02 Å². The highest BCUT2D eigenvalue weighted by atomic mass is 35.5. The number of hydrogen-bond donors (Lipinski definition) is 1. The van der Waals surface area contributed by atoms with E-state index in [4.69, 9.17) is 22.1 Å². The van der Waals surface area contributed by atoms with Gasteiger partial charge in [-0.3, -0.25) is 0 Å². The first-order valence-electron chi connectivity index (χ1n) is 5.58. The van der Waals surface area contributed by atoms with Crippen molar-refractivity contribution in [1.82, 2.24) is 14.8 Å². The topological polar surface area (TPSA) is 66.0 Å². The first-order valence-corrected chi connectivity index (χ1v) is 5.96. The Balaban J connectivity index is 2.08. The van der Waals surface area contributed by atoms with Crippen LogP contribution >= 0.6 is 11.6 Å². The summed E-state index contributed by atoms with van der Waals surface area (Å²) in [6.07, 6.45) is 1.62. The van der Waals surface area contributed by atoms with Crippen molar-refractivity contribution in [2.24, 2.45) is 12.8 Å². The van der Waals surface area contributed by atoms with Crippen LogP contribution in [0.4, 0.5) is 0 Å². The molecule has 0 aliphatic heterocycles. The lowest BCUT2D eigenvalue weighted by atomic mass is 10.1. The van der Waals surface area contributed by atoms with Gasteiger partial charge < -0.3 is 15.0 Å². The molecule has 0 amide bonds. The molecule has 1 aromatic heterocycles. The summed E-state index contributed by atoms with van der Waals surface area (Å²) in [6, 6.07) is 5.49. The van der Waals surface area contributed by atoms with Gasteiger partial charge in [0.25, 0.3) is 0 Å². The Labute approximate surface area is 111 Å². The Morgan fingerprint density at radius 3 is 2.83 bits per heavy atom. The lowest BCUT2D eigenvalue weighted by Gasteiger charge is -2.10. The van der Waals surface area contributed by atoms with Crippen LogP contribution in [0.5, 0.6) is 5.75 Å². The molecule has 0 bridgehead atoms. The minimum absolute atomic E-state index is 0.0460. The predicted molar refractivity (Wildman–Crippen MR) is 69.4 cm³/mol. The minimum atomic E-state index is -0.0460. The molecule has 0 saturated heterocycles. The zero-order valence-corrected chi connectivity index (χ0v) is 11.1. The molecule has 0 spiro atoms. The van der Waals surface area contributed by atoms with Crippen LogP contribution in [0.3, 0.4) is 0 Å². The van der Waals surface area contributed by atoms with Gasteiger partial charge in [0, 0.05) is 13.1 Å². The van der Waals surface area contributed by atoms with Crippen molar-refractivity contribution in [3.05, 3.63) is 40.9 Å². The maximum absolute atomic E-state index is 6.13. The van der Waals surface area contributed by atoms with Gasteiger partial charge in [0.05, 0.1) is 5.02 Å². The number of hydrogen-bond acceptors (Lipinski definition) is 4. The molecule has 96 valence electrons. The summed E-state index contributed by atoms with van der Waals surface area (Å²) < 4.78 is 7.40. The number of aromatic nitrogens is 3. The average Bonchev–Trinajstić information content (AvgIpc) is 2.73. The smallest absolute Gasteiger partial charge is 0.170 e. The molecule has 0 unspecified atom stereocenters. The van der Waals surface area contributed by atoms with Gasteiger partial charge in [0.15, 0.2) is 5.82 Å². The van der Waals surface area contributed by atoms with Crippen LogP contribution in [0.25, 0.3) is 0 Å². The molecule has 1 atom stereocenters. The first kappa shape index (κ1) is 12.9. The van der Waals surface area contributed by atoms with Crippen LogP contribution in [-0.2, 0) is 13.7 Å². The molecule has 5 nitrogen and oxygen atoms in total. The molecule has 1 aromatic carbocycles. The lowest BCUT2D eigenvalue weighted by Crippen LogP contribution is -2.06. The van der Waals surface area contributed by atoms with Crippen molar-refractivity contribution < 1.29 is 4.74 Å². The largest absolute Gasteiger partial charge is 0.484 e. The molecular weight excluding hydrogens is 252 g/mol. The first-order chi connectivity index (χ1) is 8.58. The molecule has 1 heterocycles. The van der Waals surface area contributed by atoms with E-state index in [0.29, 0.717) is 17.4 Å². The molecule has 0 radical (unpaired) electrons. The maximum Gasteiger partial charge on any atom is 0.170 e. The van der Waals surface area contributed by atoms with Crippen molar-refractivity contribution in [2.45, 2.75) is 19.6 Å². The zero-order valence-electron chi connectivity index (χ0n) is 10.3. The van der Waals surface area contributed by atoms with Crippen molar-refractivity contribution in [3.8, 4) is 5.75 Å². The Morgan fingerprint density at radius 2 is 2.28 bits per heavy atom. The van der Waals surface area contributed by atoms with E-state index >= 15 is 0 Å². The van der Waals surface area contributed by atoms with Crippen LogP contribution in [0, 0.1) is 0 Å². The predicted octanol–water partition coefficient (Wildman–Crippen LogP) is 2.07. The molecule has 18 heavy (non-hydrogen) atoms. The van der Waals surface area contributed by atoms with E-state index in [1.807, 2.05) is 32.2 Å². The summed E-state index contributed by atoms with van der Waals surface area (Å²) in [6.45, 7) is 2.24. The summed E-state index contributed by atoms with van der Waals surface area (Å²) in [4.78, 5) is 0. The average molecular weight is 267 g/mol. The van der Waals surface area contributed by atoms with E-state index in [1.165, 1.54) is 0 Å². The SMILES string of the molecule is C[C@@H](N)c1ccc(OCc2nncn2C)c(Cl)c1. The maximum atomic E-state index is 6.13. The summed E-state index contributed by atoms with van der Waals surface area (Å²) in [5, 5.41) is 8.26. The molecule has 2 aromatic rings. The summed E-state index contributed by atoms with van der Waals surface area (Å²) in [5.41, 5.74) is 6.76. The van der Waals surface area contributed by atoms with E-state index in [9.17, 15) is 0 Å². The highest BCUT2D eigenvalue weighted by molar-refractivity contribution is 6.32. The van der Waals surface area contributed by atoms with Crippen LogP contribution in [0.1, 0.15) is 24.4 Å². The van der Waals surface area contributed by atoms with Gasteiger partial charge >= 0.3 is 0 Å². The van der Waals surface area contributed by atoms with E-state index < -0.39 is 0 Å². The molecule has 2 N–H and O–H groups in total.